The number of carbonyl (C=O) groups is 2. The van der Waals surface area contributed by atoms with Crippen LogP contribution < -0.4 is 15.1 Å². The molecule has 2 saturated heterocycles. The first-order valence-corrected chi connectivity index (χ1v) is 11.2. The topological polar surface area (TPSA) is 78.4 Å². The van der Waals surface area contributed by atoms with E-state index in [2.05, 4.69) is 20.4 Å². The van der Waals surface area contributed by atoms with Crippen LogP contribution >= 0.6 is 22.9 Å². The quantitative estimate of drug-likeness (QED) is 0.783. The van der Waals surface area contributed by atoms with Crippen LogP contribution in [0.1, 0.15) is 37.7 Å². The molecule has 0 aliphatic carbocycles. The van der Waals surface area contributed by atoms with Crippen molar-refractivity contribution in [3.63, 3.8) is 0 Å². The summed E-state index contributed by atoms with van der Waals surface area (Å²) < 4.78 is 0. The van der Waals surface area contributed by atoms with Crippen molar-refractivity contribution in [3.8, 4) is 0 Å². The number of hydrogen-bond donors (Lipinski definition) is 1. The molecule has 3 heterocycles. The van der Waals surface area contributed by atoms with E-state index in [1.54, 1.807) is 4.90 Å². The van der Waals surface area contributed by atoms with E-state index in [-0.39, 0.29) is 17.7 Å². The van der Waals surface area contributed by atoms with Crippen LogP contribution in [-0.2, 0) is 16.1 Å². The monoisotopic (exact) mass is 433 g/mol. The molecule has 1 aromatic heterocycles. The first-order valence-electron chi connectivity index (χ1n) is 10.0. The van der Waals surface area contributed by atoms with Crippen molar-refractivity contribution in [1.29, 1.82) is 0 Å². The Hall–Kier alpha value is -2.19. The molecule has 2 amide bonds. The molecule has 0 bridgehead atoms. The van der Waals surface area contributed by atoms with Crippen LogP contribution in [0.3, 0.4) is 0 Å². The van der Waals surface area contributed by atoms with E-state index in [1.165, 1.54) is 11.3 Å². The van der Waals surface area contributed by atoms with E-state index in [1.807, 2.05) is 24.3 Å². The molecule has 1 atom stereocenters. The molecule has 4 rings (SSSR count). The summed E-state index contributed by atoms with van der Waals surface area (Å²) in [6.45, 7) is 2.67. The van der Waals surface area contributed by atoms with E-state index >= 15 is 0 Å². The van der Waals surface area contributed by atoms with Crippen molar-refractivity contribution in [2.75, 3.05) is 29.4 Å². The number of anilines is 2. The highest BCUT2D eigenvalue weighted by molar-refractivity contribution is 7.19. The first kappa shape index (κ1) is 20.1. The van der Waals surface area contributed by atoms with Crippen LogP contribution in [-0.4, -0.2) is 41.6 Å². The van der Waals surface area contributed by atoms with E-state index in [0.29, 0.717) is 36.2 Å². The first-order chi connectivity index (χ1) is 14.1. The molecule has 2 aliphatic heterocycles. The minimum atomic E-state index is -0.0833. The number of nitrogens with zero attached hydrogens (tertiary/aromatic N) is 4. The standard InChI is InChI=1S/C20H24ClN5O2S/c21-16-8-6-14(7-9-16)12-22-18(28)15-4-3-10-25(13-15)19-23-24-20(29-19)26-11-2-1-5-17(26)27/h6-9,15H,1-5,10-13H2,(H,22,28)/t15-/m1/s1. The third kappa shape index (κ3) is 4.87. The second-order valence-corrected chi connectivity index (χ2v) is 8.87. The molecule has 154 valence electrons. The van der Waals surface area contributed by atoms with Gasteiger partial charge in [-0.25, -0.2) is 0 Å². The number of carbonyl (C=O) groups excluding carboxylic acids is 2. The fourth-order valence-electron chi connectivity index (χ4n) is 3.75. The maximum Gasteiger partial charge on any atom is 0.228 e. The van der Waals surface area contributed by atoms with Crippen LogP contribution in [0.15, 0.2) is 24.3 Å². The average Bonchev–Trinajstić information content (AvgIpc) is 3.23. The summed E-state index contributed by atoms with van der Waals surface area (Å²) in [6.07, 6.45) is 4.31. The number of amides is 2. The molecular formula is C20H24ClN5O2S. The third-order valence-electron chi connectivity index (χ3n) is 5.40. The highest BCUT2D eigenvalue weighted by Crippen LogP contribution is 2.32. The van der Waals surface area contributed by atoms with Gasteiger partial charge in [-0.2, -0.15) is 0 Å². The van der Waals surface area contributed by atoms with Crippen molar-refractivity contribution in [2.24, 2.45) is 5.92 Å². The molecule has 2 aromatic rings. The minimum Gasteiger partial charge on any atom is -0.352 e. The SMILES string of the molecule is O=C(NCc1ccc(Cl)cc1)[C@@H]1CCCN(c2nnc(N3CCCCC3=O)s2)C1. The molecule has 2 fully saturated rings. The van der Waals surface area contributed by atoms with Crippen molar-refractivity contribution in [1.82, 2.24) is 15.5 Å². The molecule has 0 saturated carbocycles. The zero-order valence-corrected chi connectivity index (χ0v) is 17.7. The van der Waals surface area contributed by atoms with Gasteiger partial charge in [-0.1, -0.05) is 35.1 Å². The molecule has 2 aliphatic rings. The van der Waals surface area contributed by atoms with E-state index in [0.717, 1.165) is 42.9 Å². The molecule has 9 heteroatoms. The Bertz CT molecular complexity index is 872. The minimum absolute atomic E-state index is 0.0561. The van der Waals surface area contributed by atoms with Crippen molar-refractivity contribution >= 4 is 45.0 Å². The van der Waals surface area contributed by atoms with Gasteiger partial charge in [-0.15, -0.1) is 10.2 Å². The van der Waals surface area contributed by atoms with Gasteiger partial charge in [-0.3, -0.25) is 14.5 Å². The average molecular weight is 434 g/mol. The lowest BCUT2D eigenvalue weighted by atomic mass is 9.97. The Kier molecular flexibility index (Phi) is 6.30. The molecule has 1 aromatic carbocycles. The van der Waals surface area contributed by atoms with Gasteiger partial charge in [0, 0.05) is 37.6 Å². The fraction of sp³-hybridized carbons (Fsp3) is 0.500. The summed E-state index contributed by atoms with van der Waals surface area (Å²) in [7, 11) is 0. The molecule has 29 heavy (non-hydrogen) atoms. The number of nitrogens with one attached hydrogen (secondary N) is 1. The number of benzene rings is 1. The van der Waals surface area contributed by atoms with Gasteiger partial charge < -0.3 is 10.2 Å². The third-order valence-corrected chi connectivity index (χ3v) is 6.66. The lowest BCUT2D eigenvalue weighted by Gasteiger charge is -2.31. The lowest BCUT2D eigenvalue weighted by molar-refractivity contribution is -0.125. The van der Waals surface area contributed by atoms with E-state index < -0.39 is 0 Å². The lowest BCUT2D eigenvalue weighted by Crippen LogP contribution is -2.43. The van der Waals surface area contributed by atoms with Crippen molar-refractivity contribution in [3.05, 3.63) is 34.9 Å². The predicted molar refractivity (Wildman–Crippen MR) is 114 cm³/mol. The zero-order chi connectivity index (χ0) is 20.2. The summed E-state index contributed by atoms with van der Waals surface area (Å²) in [4.78, 5) is 28.6. The number of hydrogen-bond acceptors (Lipinski definition) is 6. The molecule has 0 spiro atoms. The molecule has 0 unspecified atom stereocenters. The van der Waals surface area contributed by atoms with Gasteiger partial charge in [0.2, 0.25) is 22.1 Å². The largest absolute Gasteiger partial charge is 0.352 e. The van der Waals surface area contributed by atoms with Crippen LogP contribution in [0.4, 0.5) is 10.3 Å². The number of piperidine rings is 2. The number of halogens is 1. The highest BCUT2D eigenvalue weighted by Gasteiger charge is 2.29. The van der Waals surface area contributed by atoms with Gasteiger partial charge in [0.1, 0.15) is 0 Å². The number of aromatic nitrogens is 2. The molecular weight excluding hydrogens is 410 g/mol. The Morgan fingerprint density at radius 3 is 2.72 bits per heavy atom. The van der Waals surface area contributed by atoms with Crippen molar-refractivity contribution in [2.45, 2.75) is 38.6 Å². The van der Waals surface area contributed by atoms with Crippen LogP contribution in [0, 0.1) is 5.92 Å². The Morgan fingerprint density at radius 2 is 1.93 bits per heavy atom. The molecule has 7 nitrogen and oxygen atoms in total. The Balaban J connectivity index is 1.35. The van der Waals surface area contributed by atoms with Gasteiger partial charge in [-0.05, 0) is 43.4 Å². The Morgan fingerprint density at radius 1 is 1.14 bits per heavy atom. The second-order valence-electron chi connectivity index (χ2n) is 7.50. The van der Waals surface area contributed by atoms with Gasteiger partial charge in [0.25, 0.3) is 0 Å². The maximum atomic E-state index is 12.7. The van der Waals surface area contributed by atoms with Gasteiger partial charge in [0.05, 0.1) is 5.92 Å². The van der Waals surface area contributed by atoms with Crippen LogP contribution in [0.25, 0.3) is 0 Å². The van der Waals surface area contributed by atoms with Gasteiger partial charge in [0.15, 0.2) is 0 Å². The smallest absolute Gasteiger partial charge is 0.228 e. The number of rotatable bonds is 5. The maximum absolute atomic E-state index is 12.7. The zero-order valence-electron chi connectivity index (χ0n) is 16.1. The van der Waals surface area contributed by atoms with E-state index in [9.17, 15) is 9.59 Å². The van der Waals surface area contributed by atoms with Crippen LogP contribution in [0.2, 0.25) is 5.02 Å². The van der Waals surface area contributed by atoms with Gasteiger partial charge >= 0.3 is 0 Å². The van der Waals surface area contributed by atoms with Crippen LogP contribution in [0.5, 0.6) is 0 Å². The highest BCUT2D eigenvalue weighted by atomic mass is 35.5. The Labute approximate surface area is 179 Å². The summed E-state index contributed by atoms with van der Waals surface area (Å²) in [5, 5.41) is 13.7. The second kappa shape index (κ2) is 9.09. The normalized spacial score (nSPS) is 20.0. The molecule has 0 radical (unpaired) electrons. The van der Waals surface area contributed by atoms with Crippen molar-refractivity contribution < 1.29 is 9.59 Å². The fourth-order valence-corrected chi connectivity index (χ4v) is 4.80. The summed E-state index contributed by atoms with van der Waals surface area (Å²) >= 11 is 7.34. The van der Waals surface area contributed by atoms with E-state index in [4.69, 9.17) is 11.6 Å². The molecule has 1 N–H and O–H groups in total. The summed E-state index contributed by atoms with van der Waals surface area (Å²) in [5.41, 5.74) is 1.02. The summed E-state index contributed by atoms with van der Waals surface area (Å²) in [5.74, 6) is 0.0951. The summed E-state index contributed by atoms with van der Waals surface area (Å²) in [6, 6.07) is 7.48. The predicted octanol–water partition coefficient (Wildman–Crippen LogP) is 3.24.